The Morgan fingerprint density at radius 1 is 1.43 bits per heavy atom. The minimum Gasteiger partial charge on any atom is -0.396 e. The molecule has 0 bridgehead atoms. The van der Waals surface area contributed by atoms with E-state index in [0.29, 0.717) is 12.0 Å². The topological polar surface area (TPSA) is 69.9 Å². The van der Waals surface area contributed by atoms with E-state index in [1.807, 2.05) is 0 Å². The highest BCUT2D eigenvalue weighted by Crippen LogP contribution is 2.13. The van der Waals surface area contributed by atoms with E-state index in [4.69, 9.17) is 14.9 Å². The van der Waals surface area contributed by atoms with Gasteiger partial charge in [-0.2, -0.15) is 0 Å². The highest BCUT2D eigenvalue weighted by atomic mass is 16.5. The summed E-state index contributed by atoms with van der Waals surface area (Å²) in [7, 11) is 0. The second-order valence-electron chi connectivity index (χ2n) is 3.46. The molecule has 0 saturated heterocycles. The molecule has 14 heavy (non-hydrogen) atoms. The fraction of sp³-hybridized carbons (Fsp3) is 0.800. The first-order chi connectivity index (χ1) is 6.52. The predicted octanol–water partition coefficient (Wildman–Crippen LogP) is 0.0718. The summed E-state index contributed by atoms with van der Waals surface area (Å²) in [4.78, 5) is 0. The molecule has 0 aliphatic rings. The van der Waals surface area contributed by atoms with Gasteiger partial charge in [-0.1, -0.05) is 6.58 Å². The molecule has 4 nitrogen and oxygen atoms in total. The van der Waals surface area contributed by atoms with Gasteiger partial charge in [0.05, 0.1) is 18.8 Å². The van der Waals surface area contributed by atoms with Gasteiger partial charge in [-0.15, -0.1) is 0 Å². The number of ether oxygens (including phenoxy) is 1. The van der Waals surface area contributed by atoms with Gasteiger partial charge in [-0.3, -0.25) is 0 Å². The van der Waals surface area contributed by atoms with E-state index in [9.17, 15) is 5.11 Å². The zero-order valence-electron chi connectivity index (χ0n) is 8.81. The van der Waals surface area contributed by atoms with Crippen LogP contribution in [-0.4, -0.2) is 46.8 Å². The normalized spacial score (nSPS) is 17.5. The average molecular weight is 204 g/mol. The summed E-state index contributed by atoms with van der Waals surface area (Å²) >= 11 is 0. The lowest BCUT2D eigenvalue weighted by atomic mass is 10.1. The molecule has 3 N–H and O–H groups in total. The van der Waals surface area contributed by atoms with E-state index in [-0.39, 0.29) is 13.2 Å². The molecule has 0 aromatic carbocycles. The van der Waals surface area contributed by atoms with Crippen LogP contribution in [0.25, 0.3) is 0 Å². The third kappa shape index (κ3) is 4.72. The molecule has 0 spiro atoms. The minimum absolute atomic E-state index is 0.0477. The van der Waals surface area contributed by atoms with Gasteiger partial charge in [0.2, 0.25) is 0 Å². The van der Waals surface area contributed by atoms with Crippen LogP contribution < -0.4 is 0 Å². The van der Waals surface area contributed by atoms with E-state index in [0.717, 1.165) is 0 Å². The number of rotatable bonds is 7. The summed E-state index contributed by atoms with van der Waals surface area (Å²) < 4.78 is 5.40. The monoisotopic (exact) mass is 204 g/mol. The van der Waals surface area contributed by atoms with Gasteiger partial charge in [-0.05, 0) is 25.8 Å². The summed E-state index contributed by atoms with van der Waals surface area (Å²) in [6, 6.07) is 0. The van der Waals surface area contributed by atoms with Gasteiger partial charge in [0.15, 0.2) is 0 Å². The molecule has 84 valence electrons. The zero-order chi connectivity index (χ0) is 11.1. The lowest BCUT2D eigenvalue weighted by molar-refractivity contribution is -0.0758. The highest BCUT2D eigenvalue weighted by Gasteiger charge is 2.20. The van der Waals surface area contributed by atoms with Gasteiger partial charge in [0.1, 0.15) is 6.10 Å². The molecule has 0 aliphatic carbocycles. The molecule has 0 aromatic rings. The van der Waals surface area contributed by atoms with Crippen molar-refractivity contribution in [3.8, 4) is 0 Å². The smallest absolute Gasteiger partial charge is 0.104 e. The molecule has 0 rings (SSSR count). The summed E-state index contributed by atoms with van der Waals surface area (Å²) in [5.41, 5.74) is 0.705. The Morgan fingerprint density at radius 3 is 2.29 bits per heavy atom. The Hall–Kier alpha value is -0.420. The SMILES string of the molecule is C=C(C)C(OC(CO)CCO)C(C)O. The molecule has 0 aromatic heterocycles. The van der Waals surface area contributed by atoms with Crippen LogP contribution in [0.15, 0.2) is 12.2 Å². The highest BCUT2D eigenvalue weighted by molar-refractivity contribution is 5.00. The van der Waals surface area contributed by atoms with Crippen molar-refractivity contribution < 1.29 is 20.1 Å². The van der Waals surface area contributed by atoms with Crippen LogP contribution in [0.2, 0.25) is 0 Å². The Kier molecular flexibility index (Phi) is 6.74. The molecular formula is C10H20O4. The molecular weight excluding hydrogens is 184 g/mol. The third-order valence-corrected chi connectivity index (χ3v) is 1.92. The molecule has 0 heterocycles. The fourth-order valence-corrected chi connectivity index (χ4v) is 1.20. The van der Waals surface area contributed by atoms with Crippen LogP contribution in [0.3, 0.4) is 0 Å². The van der Waals surface area contributed by atoms with Crippen LogP contribution >= 0.6 is 0 Å². The molecule has 0 aliphatic heterocycles. The average Bonchev–Trinajstić information content (AvgIpc) is 2.10. The maximum absolute atomic E-state index is 9.37. The first-order valence-electron chi connectivity index (χ1n) is 4.73. The first kappa shape index (κ1) is 13.6. The zero-order valence-corrected chi connectivity index (χ0v) is 8.81. The van der Waals surface area contributed by atoms with Gasteiger partial charge >= 0.3 is 0 Å². The summed E-state index contributed by atoms with van der Waals surface area (Å²) in [5.74, 6) is 0. The van der Waals surface area contributed by atoms with E-state index >= 15 is 0 Å². The Labute approximate surface area is 84.8 Å². The van der Waals surface area contributed by atoms with Crippen molar-refractivity contribution in [1.82, 2.24) is 0 Å². The van der Waals surface area contributed by atoms with Crippen LogP contribution in [0.1, 0.15) is 20.3 Å². The van der Waals surface area contributed by atoms with E-state index in [1.165, 1.54) is 0 Å². The van der Waals surface area contributed by atoms with Crippen LogP contribution in [0, 0.1) is 0 Å². The maximum Gasteiger partial charge on any atom is 0.104 e. The molecule has 3 unspecified atom stereocenters. The lowest BCUT2D eigenvalue weighted by Crippen LogP contribution is -2.34. The quantitative estimate of drug-likeness (QED) is 0.513. The van der Waals surface area contributed by atoms with E-state index in [2.05, 4.69) is 6.58 Å². The van der Waals surface area contributed by atoms with Crippen molar-refractivity contribution in [2.24, 2.45) is 0 Å². The minimum atomic E-state index is -0.666. The maximum atomic E-state index is 9.37. The Balaban J connectivity index is 4.18. The number of hydrogen-bond acceptors (Lipinski definition) is 4. The van der Waals surface area contributed by atoms with E-state index in [1.54, 1.807) is 13.8 Å². The predicted molar refractivity (Wildman–Crippen MR) is 53.9 cm³/mol. The first-order valence-corrected chi connectivity index (χ1v) is 4.73. The number of hydrogen-bond donors (Lipinski definition) is 3. The molecule has 4 heteroatoms. The molecule has 0 saturated carbocycles. The summed E-state index contributed by atoms with van der Waals surface area (Å²) in [5, 5.41) is 27.0. The number of aliphatic hydroxyl groups is 3. The third-order valence-electron chi connectivity index (χ3n) is 1.92. The summed E-state index contributed by atoms with van der Waals surface area (Å²) in [6.45, 7) is 6.84. The number of aliphatic hydroxyl groups excluding tert-OH is 3. The molecule has 3 atom stereocenters. The van der Waals surface area contributed by atoms with Crippen LogP contribution in [0.5, 0.6) is 0 Å². The van der Waals surface area contributed by atoms with Crippen molar-refractivity contribution in [3.05, 3.63) is 12.2 Å². The summed E-state index contributed by atoms with van der Waals surface area (Å²) in [6.07, 6.45) is -1.25. The van der Waals surface area contributed by atoms with E-state index < -0.39 is 18.3 Å². The van der Waals surface area contributed by atoms with Gasteiger partial charge in [-0.25, -0.2) is 0 Å². The van der Waals surface area contributed by atoms with Crippen molar-refractivity contribution in [2.75, 3.05) is 13.2 Å². The Bertz CT molecular complexity index is 168. The second kappa shape index (κ2) is 6.95. The van der Waals surface area contributed by atoms with Crippen LogP contribution in [-0.2, 0) is 4.74 Å². The van der Waals surface area contributed by atoms with Gasteiger partial charge in [0, 0.05) is 6.61 Å². The van der Waals surface area contributed by atoms with Crippen molar-refractivity contribution in [1.29, 1.82) is 0 Å². The lowest BCUT2D eigenvalue weighted by Gasteiger charge is -2.25. The van der Waals surface area contributed by atoms with Crippen molar-refractivity contribution in [2.45, 2.75) is 38.6 Å². The standard InChI is InChI=1S/C10H20O4/c1-7(2)10(8(3)13)14-9(6-12)4-5-11/h8-13H,1,4-6H2,2-3H3. The van der Waals surface area contributed by atoms with Crippen LogP contribution in [0.4, 0.5) is 0 Å². The molecule has 0 fully saturated rings. The fourth-order valence-electron chi connectivity index (χ4n) is 1.20. The van der Waals surface area contributed by atoms with Gasteiger partial charge < -0.3 is 20.1 Å². The van der Waals surface area contributed by atoms with Crippen molar-refractivity contribution in [3.63, 3.8) is 0 Å². The molecule has 0 radical (unpaired) electrons. The second-order valence-corrected chi connectivity index (χ2v) is 3.46. The largest absolute Gasteiger partial charge is 0.396 e. The van der Waals surface area contributed by atoms with Gasteiger partial charge in [0.25, 0.3) is 0 Å². The molecule has 0 amide bonds. The van der Waals surface area contributed by atoms with Crippen molar-refractivity contribution >= 4 is 0 Å². The Morgan fingerprint density at radius 2 is 2.00 bits per heavy atom.